The third kappa shape index (κ3) is 3.74. The van der Waals surface area contributed by atoms with E-state index in [4.69, 9.17) is 9.84 Å². The summed E-state index contributed by atoms with van der Waals surface area (Å²) in [7, 11) is 0. The van der Waals surface area contributed by atoms with Crippen LogP contribution in [0.1, 0.15) is 12.0 Å². The molecule has 1 atom stereocenters. The highest BCUT2D eigenvalue weighted by atomic mass is 19.1. The number of nitrogens with zero attached hydrogens (tertiary/aromatic N) is 1. The lowest BCUT2D eigenvalue weighted by Gasteiger charge is -2.36. The average molecular weight is 317 g/mol. The van der Waals surface area contributed by atoms with Crippen LogP contribution in [0.15, 0.2) is 42.5 Å². The fraction of sp³-hybridized carbons (Fsp3) is 0.333. The first-order valence-corrected chi connectivity index (χ1v) is 7.75. The van der Waals surface area contributed by atoms with E-state index in [-0.39, 0.29) is 24.3 Å². The monoisotopic (exact) mass is 317 g/mol. The van der Waals surface area contributed by atoms with Gasteiger partial charge in [-0.2, -0.15) is 0 Å². The van der Waals surface area contributed by atoms with Crippen LogP contribution in [0.2, 0.25) is 0 Å². The van der Waals surface area contributed by atoms with Crippen molar-refractivity contribution in [3.63, 3.8) is 0 Å². The Morgan fingerprint density at radius 1 is 1.17 bits per heavy atom. The molecule has 0 bridgehead atoms. The first kappa shape index (κ1) is 15.6. The fourth-order valence-electron chi connectivity index (χ4n) is 2.88. The number of phenolic OH excluding ortho intramolecular Hbond substituents is 1. The van der Waals surface area contributed by atoms with Crippen molar-refractivity contribution in [3.05, 3.63) is 53.8 Å². The van der Waals surface area contributed by atoms with E-state index in [0.717, 1.165) is 17.0 Å². The average Bonchev–Trinajstić information content (AvgIpc) is 2.55. The Morgan fingerprint density at radius 2 is 1.96 bits per heavy atom. The Morgan fingerprint density at radius 3 is 2.70 bits per heavy atom. The van der Waals surface area contributed by atoms with Gasteiger partial charge in [0.25, 0.3) is 0 Å². The third-order valence-electron chi connectivity index (χ3n) is 3.96. The Bertz CT molecular complexity index is 660. The first-order valence-electron chi connectivity index (χ1n) is 7.75. The molecule has 0 amide bonds. The summed E-state index contributed by atoms with van der Waals surface area (Å²) in [5.41, 5.74) is 1.86. The number of hydrogen-bond donors (Lipinski definition) is 2. The van der Waals surface area contributed by atoms with E-state index in [1.54, 1.807) is 30.3 Å². The molecule has 0 saturated carbocycles. The molecule has 1 heterocycles. The number of ether oxygens (including phenoxy) is 1. The van der Waals surface area contributed by atoms with Gasteiger partial charge in [-0.15, -0.1) is 0 Å². The number of rotatable bonds is 5. The smallest absolute Gasteiger partial charge is 0.143 e. The molecule has 3 rings (SSSR count). The van der Waals surface area contributed by atoms with Crippen molar-refractivity contribution in [1.29, 1.82) is 0 Å². The van der Waals surface area contributed by atoms with Crippen LogP contribution in [-0.2, 0) is 6.42 Å². The van der Waals surface area contributed by atoms with Gasteiger partial charge in [0.1, 0.15) is 23.4 Å². The summed E-state index contributed by atoms with van der Waals surface area (Å²) in [4.78, 5) is 2.11. The quantitative estimate of drug-likeness (QED) is 0.890. The van der Waals surface area contributed by atoms with Gasteiger partial charge in [0, 0.05) is 25.6 Å². The third-order valence-corrected chi connectivity index (χ3v) is 3.96. The highest BCUT2D eigenvalue weighted by Gasteiger charge is 2.26. The van der Waals surface area contributed by atoms with E-state index in [9.17, 15) is 9.50 Å². The zero-order valence-corrected chi connectivity index (χ0v) is 12.8. The second kappa shape index (κ2) is 6.87. The number of benzene rings is 2. The van der Waals surface area contributed by atoms with E-state index in [1.807, 2.05) is 0 Å². The van der Waals surface area contributed by atoms with Crippen molar-refractivity contribution >= 4 is 5.69 Å². The lowest BCUT2D eigenvalue weighted by atomic mass is 10.0. The van der Waals surface area contributed by atoms with Crippen molar-refractivity contribution in [2.75, 3.05) is 24.6 Å². The van der Waals surface area contributed by atoms with Gasteiger partial charge in [-0.1, -0.05) is 12.1 Å². The summed E-state index contributed by atoms with van der Waals surface area (Å²) >= 11 is 0. The highest BCUT2D eigenvalue weighted by molar-refractivity contribution is 5.63. The zero-order valence-electron chi connectivity index (χ0n) is 12.8. The fourth-order valence-corrected chi connectivity index (χ4v) is 2.88. The van der Waals surface area contributed by atoms with Gasteiger partial charge in [0.2, 0.25) is 0 Å². The van der Waals surface area contributed by atoms with E-state index in [2.05, 4.69) is 4.90 Å². The summed E-state index contributed by atoms with van der Waals surface area (Å²) in [6.07, 6.45) is 1.27. The van der Waals surface area contributed by atoms with Gasteiger partial charge in [-0.3, -0.25) is 0 Å². The number of aliphatic hydroxyl groups excluding tert-OH is 1. The molecule has 0 aromatic heterocycles. The minimum atomic E-state index is -0.247. The van der Waals surface area contributed by atoms with Gasteiger partial charge in [-0.05, 0) is 36.2 Å². The van der Waals surface area contributed by atoms with Gasteiger partial charge in [0.05, 0.1) is 12.2 Å². The number of aliphatic hydroxyl groups is 1. The number of fused-ring (bicyclic) bond motifs is 1. The van der Waals surface area contributed by atoms with Gasteiger partial charge >= 0.3 is 0 Å². The largest absolute Gasteiger partial charge is 0.508 e. The van der Waals surface area contributed by atoms with Crippen LogP contribution in [0, 0.1) is 5.82 Å². The minimum Gasteiger partial charge on any atom is -0.508 e. The van der Waals surface area contributed by atoms with Crippen LogP contribution >= 0.6 is 0 Å². The normalized spacial score (nSPS) is 16.8. The summed E-state index contributed by atoms with van der Waals surface area (Å²) in [6, 6.07) is 11.5. The molecule has 0 saturated heterocycles. The maximum Gasteiger partial charge on any atom is 0.143 e. The van der Waals surface area contributed by atoms with E-state index in [0.29, 0.717) is 25.9 Å². The number of hydrogen-bond acceptors (Lipinski definition) is 4. The Labute approximate surface area is 134 Å². The standard InChI is InChI=1S/C18H20FNO3/c19-14-4-2-13(3-5-14)10-16-12-20(8-1-9-21)17-11-15(22)6-7-18(17)23-16/h2-7,11,16,21-22H,1,8-10,12H2. The zero-order chi connectivity index (χ0) is 16.2. The van der Waals surface area contributed by atoms with Crippen molar-refractivity contribution in [1.82, 2.24) is 0 Å². The van der Waals surface area contributed by atoms with Crippen molar-refractivity contribution in [2.24, 2.45) is 0 Å². The predicted octanol–water partition coefficient (Wildman–Crippen LogP) is 2.72. The Kier molecular flexibility index (Phi) is 4.67. The molecule has 0 aliphatic carbocycles. The molecular formula is C18H20FNO3. The molecule has 0 radical (unpaired) electrons. The molecule has 23 heavy (non-hydrogen) atoms. The van der Waals surface area contributed by atoms with E-state index >= 15 is 0 Å². The molecule has 2 N–H and O–H groups in total. The highest BCUT2D eigenvalue weighted by Crippen LogP contribution is 2.36. The molecule has 1 aliphatic heterocycles. The van der Waals surface area contributed by atoms with Crippen LogP contribution in [0.4, 0.5) is 10.1 Å². The molecule has 1 unspecified atom stereocenters. The van der Waals surface area contributed by atoms with Gasteiger partial charge in [-0.25, -0.2) is 4.39 Å². The second-order valence-electron chi connectivity index (χ2n) is 5.75. The van der Waals surface area contributed by atoms with Crippen LogP contribution in [0.25, 0.3) is 0 Å². The molecule has 5 heteroatoms. The summed E-state index contributed by atoms with van der Waals surface area (Å²) in [6.45, 7) is 1.47. The SMILES string of the molecule is OCCCN1CC(Cc2ccc(F)cc2)Oc2ccc(O)cc21. The summed E-state index contributed by atoms with van der Waals surface area (Å²) < 4.78 is 19.0. The van der Waals surface area contributed by atoms with Gasteiger partial charge < -0.3 is 19.8 Å². The molecule has 4 nitrogen and oxygen atoms in total. The summed E-state index contributed by atoms with van der Waals surface area (Å²) in [5, 5.41) is 18.8. The Hall–Kier alpha value is -2.27. The molecule has 122 valence electrons. The maximum atomic E-state index is 13.0. The number of aromatic hydroxyl groups is 1. The summed E-state index contributed by atoms with van der Waals surface area (Å²) in [5.74, 6) is 0.668. The van der Waals surface area contributed by atoms with Crippen LogP contribution in [0.5, 0.6) is 11.5 Å². The molecule has 0 spiro atoms. The lowest BCUT2D eigenvalue weighted by molar-refractivity contribution is 0.191. The number of anilines is 1. The second-order valence-corrected chi connectivity index (χ2v) is 5.75. The van der Waals surface area contributed by atoms with Crippen LogP contribution < -0.4 is 9.64 Å². The molecular weight excluding hydrogens is 297 g/mol. The van der Waals surface area contributed by atoms with E-state index in [1.165, 1.54) is 12.1 Å². The van der Waals surface area contributed by atoms with Crippen LogP contribution in [0.3, 0.4) is 0 Å². The maximum absolute atomic E-state index is 13.0. The Balaban J connectivity index is 1.78. The molecule has 2 aromatic rings. The van der Waals surface area contributed by atoms with Crippen molar-refractivity contribution < 1.29 is 19.3 Å². The molecule has 0 fully saturated rings. The topological polar surface area (TPSA) is 52.9 Å². The predicted molar refractivity (Wildman–Crippen MR) is 86.5 cm³/mol. The molecule has 2 aromatic carbocycles. The lowest BCUT2D eigenvalue weighted by Crippen LogP contribution is -2.41. The van der Waals surface area contributed by atoms with Gasteiger partial charge in [0.15, 0.2) is 0 Å². The van der Waals surface area contributed by atoms with Crippen molar-refractivity contribution in [2.45, 2.75) is 18.9 Å². The van der Waals surface area contributed by atoms with E-state index < -0.39 is 0 Å². The minimum absolute atomic E-state index is 0.0591. The molecule has 1 aliphatic rings. The number of phenols is 1. The van der Waals surface area contributed by atoms with Crippen molar-refractivity contribution in [3.8, 4) is 11.5 Å². The van der Waals surface area contributed by atoms with Crippen LogP contribution in [-0.4, -0.2) is 36.0 Å². The first-order chi connectivity index (χ1) is 11.2. The number of halogens is 1.